The fraction of sp³-hybridized carbons (Fsp3) is 0.889. The summed E-state index contributed by atoms with van der Waals surface area (Å²) in [5.41, 5.74) is 0. The highest BCUT2D eigenvalue weighted by molar-refractivity contribution is 5.73. The number of aliphatic hydroxyl groups is 1. The second-order valence-electron chi connectivity index (χ2n) is 3.55. The molecular weight excluding hydrogens is 168 g/mol. The van der Waals surface area contributed by atoms with E-state index >= 15 is 0 Å². The van der Waals surface area contributed by atoms with E-state index in [9.17, 15) is 4.79 Å². The number of likely N-dealkylation sites (tertiary alicyclic amines) is 1. The molecule has 4 nitrogen and oxygen atoms in total. The molecule has 1 aliphatic rings. The molecule has 0 aromatic heterocycles. The maximum atomic E-state index is 11.0. The van der Waals surface area contributed by atoms with Crippen molar-refractivity contribution in [3.8, 4) is 0 Å². The number of nitrogens with zero attached hydrogens (tertiary/aromatic N) is 1. The molecule has 76 valence electrons. The highest BCUT2D eigenvalue weighted by atomic mass is 16.3. The van der Waals surface area contributed by atoms with Crippen LogP contribution in [0.5, 0.6) is 0 Å². The Balaban J connectivity index is 2.14. The molecule has 0 aliphatic carbocycles. The Morgan fingerprint density at radius 3 is 3.00 bits per heavy atom. The molecule has 0 saturated carbocycles. The van der Waals surface area contributed by atoms with Crippen LogP contribution in [0, 0.1) is 5.92 Å². The highest BCUT2D eigenvalue weighted by Crippen LogP contribution is 2.14. The maximum Gasteiger partial charge on any atom is 0.219 e. The zero-order valence-corrected chi connectivity index (χ0v) is 8.12. The molecule has 0 radical (unpaired) electrons. The first-order chi connectivity index (χ1) is 6.24. The van der Waals surface area contributed by atoms with E-state index < -0.39 is 0 Å². The number of amides is 1. The molecule has 0 bridgehead atoms. The van der Waals surface area contributed by atoms with Gasteiger partial charge in [-0.3, -0.25) is 4.79 Å². The summed E-state index contributed by atoms with van der Waals surface area (Å²) in [5, 5.41) is 11.7. The maximum absolute atomic E-state index is 11.0. The van der Waals surface area contributed by atoms with Crippen molar-refractivity contribution in [2.45, 2.75) is 13.3 Å². The first-order valence-electron chi connectivity index (χ1n) is 4.81. The van der Waals surface area contributed by atoms with Gasteiger partial charge >= 0.3 is 0 Å². The van der Waals surface area contributed by atoms with Crippen LogP contribution in [0.4, 0.5) is 0 Å². The Bertz CT molecular complexity index is 173. The van der Waals surface area contributed by atoms with Gasteiger partial charge in [-0.1, -0.05) is 0 Å². The van der Waals surface area contributed by atoms with E-state index in [1.807, 2.05) is 4.90 Å². The molecule has 0 unspecified atom stereocenters. The Morgan fingerprint density at radius 2 is 2.46 bits per heavy atom. The van der Waals surface area contributed by atoms with Crippen molar-refractivity contribution < 1.29 is 9.90 Å². The van der Waals surface area contributed by atoms with Crippen LogP contribution in [-0.2, 0) is 4.79 Å². The van der Waals surface area contributed by atoms with Crippen molar-refractivity contribution in [2.75, 3.05) is 32.8 Å². The Hall–Kier alpha value is -0.610. The second-order valence-corrected chi connectivity index (χ2v) is 3.55. The van der Waals surface area contributed by atoms with E-state index in [1.165, 1.54) is 0 Å². The molecule has 2 N–H and O–H groups in total. The van der Waals surface area contributed by atoms with Crippen LogP contribution in [0.1, 0.15) is 13.3 Å². The summed E-state index contributed by atoms with van der Waals surface area (Å²) in [5.74, 6) is 0.736. The van der Waals surface area contributed by atoms with E-state index in [-0.39, 0.29) is 12.5 Å². The molecule has 1 aliphatic heterocycles. The average Bonchev–Trinajstić information content (AvgIpc) is 2.53. The number of hydrogen-bond acceptors (Lipinski definition) is 3. The number of nitrogens with one attached hydrogen (secondary N) is 1. The van der Waals surface area contributed by atoms with Crippen LogP contribution in [0.3, 0.4) is 0 Å². The van der Waals surface area contributed by atoms with Crippen LogP contribution in [0.15, 0.2) is 0 Å². The van der Waals surface area contributed by atoms with E-state index in [1.54, 1.807) is 6.92 Å². The zero-order chi connectivity index (χ0) is 9.68. The van der Waals surface area contributed by atoms with Gasteiger partial charge < -0.3 is 15.3 Å². The lowest BCUT2D eigenvalue weighted by molar-refractivity contribution is -0.127. The van der Waals surface area contributed by atoms with Gasteiger partial charge in [-0.05, 0) is 18.9 Å². The van der Waals surface area contributed by atoms with Crippen molar-refractivity contribution in [3.05, 3.63) is 0 Å². The van der Waals surface area contributed by atoms with E-state index in [0.29, 0.717) is 12.5 Å². The lowest BCUT2D eigenvalue weighted by atomic mass is 10.1. The van der Waals surface area contributed by atoms with Crippen molar-refractivity contribution in [1.82, 2.24) is 10.2 Å². The molecule has 0 spiro atoms. The largest absolute Gasteiger partial charge is 0.395 e. The lowest BCUT2D eigenvalue weighted by Gasteiger charge is -2.13. The lowest BCUT2D eigenvalue weighted by Crippen LogP contribution is -2.30. The van der Waals surface area contributed by atoms with Gasteiger partial charge in [0.25, 0.3) is 0 Å². The number of hydrogen-bond donors (Lipinski definition) is 2. The SMILES string of the molecule is CC(=O)N1CC[C@H](CNCCO)C1. The summed E-state index contributed by atoms with van der Waals surface area (Å²) in [6, 6.07) is 0. The summed E-state index contributed by atoms with van der Waals surface area (Å²) in [4.78, 5) is 12.9. The Morgan fingerprint density at radius 1 is 1.69 bits per heavy atom. The van der Waals surface area contributed by atoms with E-state index in [0.717, 1.165) is 26.1 Å². The van der Waals surface area contributed by atoms with Gasteiger partial charge in [-0.25, -0.2) is 0 Å². The Kier molecular flexibility index (Phi) is 4.18. The van der Waals surface area contributed by atoms with Gasteiger partial charge in [0.05, 0.1) is 6.61 Å². The predicted octanol–water partition coefficient (Wildman–Crippen LogP) is -0.563. The first kappa shape index (κ1) is 10.5. The average molecular weight is 186 g/mol. The Labute approximate surface area is 78.9 Å². The van der Waals surface area contributed by atoms with Gasteiger partial charge in [0.15, 0.2) is 0 Å². The topological polar surface area (TPSA) is 52.6 Å². The van der Waals surface area contributed by atoms with Crippen LogP contribution < -0.4 is 5.32 Å². The summed E-state index contributed by atoms with van der Waals surface area (Å²) < 4.78 is 0. The fourth-order valence-corrected chi connectivity index (χ4v) is 1.67. The van der Waals surface area contributed by atoms with Crippen LogP contribution >= 0.6 is 0 Å². The fourth-order valence-electron chi connectivity index (χ4n) is 1.67. The third-order valence-corrected chi connectivity index (χ3v) is 2.45. The third kappa shape index (κ3) is 3.32. The zero-order valence-electron chi connectivity index (χ0n) is 8.12. The van der Waals surface area contributed by atoms with Crippen molar-refractivity contribution in [3.63, 3.8) is 0 Å². The van der Waals surface area contributed by atoms with Crippen molar-refractivity contribution in [2.24, 2.45) is 5.92 Å². The first-order valence-corrected chi connectivity index (χ1v) is 4.81. The van der Waals surface area contributed by atoms with Gasteiger partial charge in [-0.15, -0.1) is 0 Å². The van der Waals surface area contributed by atoms with Gasteiger partial charge in [-0.2, -0.15) is 0 Å². The van der Waals surface area contributed by atoms with Crippen LogP contribution in [0.2, 0.25) is 0 Å². The molecule has 4 heteroatoms. The van der Waals surface area contributed by atoms with Gasteiger partial charge in [0, 0.05) is 26.6 Å². The minimum atomic E-state index is 0.171. The molecule has 1 saturated heterocycles. The summed E-state index contributed by atoms with van der Waals surface area (Å²) >= 11 is 0. The summed E-state index contributed by atoms with van der Waals surface area (Å²) in [7, 11) is 0. The van der Waals surface area contributed by atoms with Gasteiger partial charge in [0.2, 0.25) is 5.91 Å². The van der Waals surface area contributed by atoms with Crippen molar-refractivity contribution in [1.29, 1.82) is 0 Å². The smallest absolute Gasteiger partial charge is 0.219 e. The highest BCUT2D eigenvalue weighted by Gasteiger charge is 2.23. The predicted molar refractivity (Wildman–Crippen MR) is 50.3 cm³/mol. The number of carbonyl (C=O) groups is 1. The second kappa shape index (κ2) is 5.19. The van der Waals surface area contributed by atoms with E-state index in [2.05, 4.69) is 5.32 Å². The summed E-state index contributed by atoms with van der Waals surface area (Å²) in [6.45, 7) is 5.11. The molecule has 13 heavy (non-hydrogen) atoms. The normalized spacial score (nSPS) is 22.3. The molecule has 0 aromatic rings. The third-order valence-electron chi connectivity index (χ3n) is 2.45. The standard InChI is InChI=1S/C9H18N2O2/c1-8(13)11-4-2-9(7-11)6-10-3-5-12/h9-10,12H,2-7H2,1H3/t9-/m1/s1. The quantitative estimate of drug-likeness (QED) is 0.578. The number of carbonyl (C=O) groups excluding carboxylic acids is 1. The van der Waals surface area contributed by atoms with Crippen LogP contribution in [-0.4, -0.2) is 48.7 Å². The van der Waals surface area contributed by atoms with Gasteiger partial charge in [0.1, 0.15) is 0 Å². The molecule has 1 amide bonds. The molecule has 1 atom stereocenters. The minimum absolute atomic E-state index is 0.171. The van der Waals surface area contributed by atoms with Crippen molar-refractivity contribution >= 4 is 5.91 Å². The van der Waals surface area contributed by atoms with E-state index in [4.69, 9.17) is 5.11 Å². The molecule has 0 aromatic carbocycles. The number of rotatable bonds is 4. The minimum Gasteiger partial charge on any atom is -0.395 e. The molecule has 1 fully saturated rings. The molecule has 1 rings (SSSR count). The molecular formula is C9H18N2O2. The molecule has 1 heterocycles. The number of aliphatic hydroxyl groups excluding tert-OH is 1. The van der Waals surface area contributed by atoms with Crippen LogP contribution in [0.25, 0.3) is 0 Å². The summed E-state index contributed by atoms with van der Waals surface area (Å²) in [6.07, 6.45) is 1.08. The monoisotopic (exact) mass is 186 g/mol.